The number of carbonyl (C=O) groups excluding carboxylic acids is 1. The molecule has 20 heavy (non-hydrogen) atoms. The van der Waals surface area contributed by atoms with Gasteiger partial charge >= 0.3 is 0 Å². The van der Waals surface area contributed by atoms with Gasteiger partial charge in [-0.05, 0) is 57.5 Å². The van der Waals surface area contributed by atoms with Gasteiger partial charge in [0.15, 0.2) is 0 Å². The maximum absolute atomic E-state index is 13.1. The molecule has 0 aromatic heterocycles. The highest BCUT2D eigenvalue weighted by Gasteiger charge is 2.48. The van der Waals surface area contributed by atoms with E-state index in [2.05, 4.69) is 24.1 Å². The van der Waals surface area contributed by atoms with Crippen LogP contribution in [0.1, 0.15) is 52.4 Å². The highest BCUT2D eigenvalue weighted by molar-refractivity contribution is 5.83. The zero-order valence-electron chi connectivity index (χ0n) is 12.8. The lowest BCUT2D eigenvalue weighted by Gasteiger charge is -2.44. The van der Waals surface area contributed by atoms with Crippen LogP contribution in [0.2, 0.25) is 0 Å². The predicted molar refractivity (Wildman–Crippen MR) is 78.3 cm³/mol. The molecule has 4 nitrogen and oxygen atoms in total. The summed E-state index contributed by atoms with van der Waals surface area (Å²) in [5.41, 5.74) is -0.281. The summed E-state index contributed by atoms with van der Waals surface area (Å²) in [6.07, 6.45) is 5.84. The molecule has 4 heteroatoms. The fourth-order valence-electron chi connectivity index (χ4n) is 4.46. The third-order valence-corrected chi connectivity index (χ3v) is 5.81. The van der Waals surface area contributed by atoms with Gasteiger partial charge in [-0.25, -0.2) is 0 Å². The molecule has 0 spiro atoms. The van der Waals surface area contributed by atoms with Crippen molar-refractivity contribution in [3.8, 4) is 0 Å². The number of aliphatic hydroxyl groups is 1. The van der Waals surface area contributed by atoms with Crippen molar-refractivity contribution in [3.63, 3.8) is 0 Å². The van der Waals surface area contributed by atoms with E-state index in [-0.39, 0.29) is 23.6 Å². The number of fused-ring (bicyclic) bond motifs is 2. The van der Waals surface area contributed by atoms with E-state index in [1.165, 1.54) is 6.42 Å². The van der Waals surface area contributed by atoms with Crippen LogP contribution in [-0.4, -0.2) is 47.2 Å². The Labute approximate surface area is 121 Å². The molecular formula is C16H28N2O2. The summed E-state index contributed by atoms with van der Waals surface area (Å²) in [6, 6.07) is 0.569. The van der Waals surface area contributed by atoms with E-state index in [4.69, 9.17) is 0 Å². The quantitative estimate of drug-likeness (QED) is 0.806. The lowest BCUT2D eigenvalue weighted by Crippen LogP contribution is -2.55. The van der Waals surface area contributed by atoms with Gasteiger partial charge in [0.25, 0.3) is 0 Å². The molecule has 1 amide bonds. The van der Waals surface area contributed by atoms with Gasteiger partial charge in [-0.1, -0.05) is 13.8 Å². The Balaban J connectivity index is 1.74. The van der Waals surface area contributed by atoms with Gasteiger partial charge in [0.05, 0.1) is 6.10 Å². The lowest BCUT2D eigenvalue weighted by molar-refractivity contribution is -0.150. The third-order valence-electron chi connectivity index (χ3n) is 5.81. The summed E-state index contributed by atoms with van der Waals surface area (Å²) in [6.45, 7) is 6.29. The number of rotatable bonds is 2. The fraction of sp³-hybridized carbons (Fsp3) is 0.938. The van der Waals surface area contributed by atoms with Crippen molar-refractivity contribution >= 4 is 5.91 Å². The highest BCUT2D eigenvalue weighted by Crippen LogP contribution is 2.41. The second-order valence-corrected chi connectivity index (χ2v) is 7.49. The van der Waals surface area contributed by atoms with Crippen LogP contribution in [0, 0.1) is 11.3 Å². The number of nitrogens with one attached hydrogen (secondary N) is 1. The smallest absolute Gasteiger partial charge is 0.229 e. The summed E-state index contributed by atoms with van der Waals surface area (Å²) in [4.78, 5) is 15.2. The highest BCUT2D eigenvalue weighted by atomic mass is 16.3. The Bertz CT molecular complexity index is 363. The average Bonchev–Trinajstić information content (AvgIpc) is 2.70. The molecule has 3 heterocycles. The second-order valence-electron chi connectivity index (χ2n) is 7.49. The third kappa shape index (κ3) is 2.37. The van der Waals surface area contributed by atoms with Crippen LogP contribution in [0.5, 0.6) is 0 Å². The van der Waals surface area contributed by atoms with E-state index in [1.807, 2.05) is 0 Å². The van der Waals surface area contributed by atoms with Crippen molar-refractivity contribution in [2.45, 2.75) is 70.6 Å². The molecule has 3 fully saturated rings. The number of hydrogen-bond donors (Lipinski definition) is 2. The van der Waals surface area contributed by atoms with E-state index in [1.54, 1.807) is 0 Å². The number of nitrogens with zero attached hydrogens (tertiary/aromatic N) is 1. The van der Waals surface area contributed by atoms with Crippen molar-refractivity contribution in [2.75, 3.05) is 13.1 Å². The lowest BCUT2D eigenvalue weighted by atomic mass is 9.73. The maximum atomic E-state index is 13.1. The normalized spacial score (nSPS) is 38.0. The summed E-state index contributed by atoms with van der Waals surface area (Å²) < 4.78 is 0. The van der Waals surface area contributed by atoms with E-state index in [0.717, 1.165) is 45.2 Å². The molecule has 114 valence electrons. The number of carbonyl (C=O) groups is 1. The van der Waals surface area contributed by atoms with Gasteiger partial charge in [0.2, 0.25) is 5.91 Å². The Kier molecular flexibility index (Phi) is 3.80. The fourth-order valence-corrected chi connectivity index (χ4v) is 4.46. The zero-order chi connectivity index (χ0) is 14.3. The van der Waals surface area contributed by atoms with Crippen LogP contribution in [0.15, 0.2) is 0 Å². The Morgan fingerprint density at radius 1 is 1.20 bits per heavy atom. The SMILES string of the molecule is CC(C)(C(=O)N1C2CCC1CC(O)C2)C1CCCNC1. The van der Waals surface area contributed by atoms with Gasteiger partial charge in [-0.15, -0.1) is 0 Å². The zero-order valence-corrected chi connectivity index (χ0v) is 12.8. The van der Waals surface area contributed by atoms with Crippen LogP contribution in [0.4, 0.5) is 0 Å². The molecule has 3 aliphatic rings. The van der Waals surface area contributed by atoms with Gasteiger partial charge in [0, 0.05) is 17.5 Å². The minimum atomic E-state index is -0.281. The molecule has 3 atom stereocenters. The van der Waals surface area contributed by atoms with E-state index in [9.17, 15) is 9.90 Å². The van der Waals surface area contributed by atoms with Gasteiger partial charge in [-0.3, -0.25) is 4.79 Å². The first-order chi connectivity index (χ1) is 9.50. The number of amides is 1. The standard InChI is InChI=1S/C16H28N2O2/c1-16(2,11-4-3-7-17-10-11)15(20)18-12-5-6-13(18)9-14(19)8-12/h11-14,17,19H,3-10H2,1-2H3. The summed E-state index contributed by atoms with van der Waals surface area (Å²) in [7, 11) is 0. The van der Waals surface area contributed by atoms with Gasteiger partial charge < -0.3 is 15.3 Å². The maximum Gasteiger partial charge on any atom is 0.229 e. The first-order valence-corrected chi connectivity index (χ1v) is 8.21. The molecule has 0 aliphatic carbocycles. The average molecular weight is 280 g/mol. The number of hydrogen-bond acceptors (Lipinski definition) is 3. The molecule has 0 saturated carbocycles. The Hall–Kier alpha value is -0.610. The van der Waals surface area contributed by atoms with Gasteiger partial charge in [-0.2, -0.15) is 0 Å². The largest absolute Gasteiger partial charge is 0.393 e. The van der Waals surface area contributed by atoms with Crippen molar-refractivity contribution < 1.29 is 9.90 Å². The molecule has 2 bridgehead atoms. The molecule has 3 unspecified atom stereocenters. The Morgan fingerprint density at radius 3 is 2.40 bits per heavy atom. The number of aliphatic hydroxyl groups excluding tert-OH is 1. The molecule has 2 N–H and O–H groups in total. The molecular weight excluding hydrogens is 252 g/mol. The van der Waals surface area contributed by atoms with Crippen molar-refractivity contribution in [1.29, 1.82) is 0 Å². The molecule has 3 rings (SSSR count). The summed E-state index contributed by atoms with van der Waals surface area (Å²) in [5, 5.41) is 13.3. The molecule has 0 radical (unpaired) electrons. The molecule has 0 aromatic rings. The van der Waals surface area contributed by atoms with Crippen LogP contribution >= 0.6 is 0 Å². The minimum absolute atomic E-state index is 0.198. The molecule has 3 saturated heterocycles. The topological polar surface area (TPSA) is 52.6 Å². The van der Waals surface area contributed by atoms with Crippen LogP contribution in [0.25, 0.3) is 0 Å². The summed E-state index contributed by atoms with van der Waals surface area (Å²) >= 11 is 0. The van der Waals surface area contributed by atoms with Crippen molar-refractivity contribution in [2.24, 2.45) is 11.3 Å². The van der Waals surface area contributed by atoms with Crippen LogP contribution in [0.3, 0.4) is 0 Å². The Morgan fingerprint density at radius 2 is 1.85 bits per heavy atom. The van der Waals surface area contributed by atoms with Gasteiger partial charge in [0.1, 0.15) is 0 Å². The monoisotopic (exact) mass is 280 g/mol. The van der Waals surface area contributed by atoms with E-state index in [0.29, 0.717) is 11.8 Å². The van der Waals surface area contributed by atoms with Crippen LogP contribution in [-0.2, 0) is 4.79 Å². The molecule has 3 aliphatic heterocycles. The predicted octanol–water partition coefficient (Wildman–Crippen LogP) is 1.53. The van der Waals surface area contributed by atoms with E-state index < -0.39 is 0 Å². The summed E-state index contributed by atoms with van der Waals surface area (Å²) in [5.74, 6) is 0.764. The minimum Gasteiger partial charge on any atom is -0.393 e. The first kappa shape index (κ1) is 14.3. The molecule has 0 aromatic carbocycles. The second kappa shape index (κ2) is 5.30. The van der Waals surface area contributed by atoms with Crippen LogP contribution < -0.4 is 5.32 Å². The van der Waals surface area contributed by atoms with Crippen molar-refractivity contribution in [1.82, 2.24) is 10.2 Å². The van der Waals surface area contributed by atoms with Crippen molar-refractivity contribution in [3.05, 3.63) is 0 Å². The van der Waals surface area contributed by atoms with E-state index >= 15 is 0 Å². The first-order valence-electron chi connectivity index (χ1n) is 8.21. The number of piperidine rings is 2.